The van der Waals surface area contributed by atoms with Gasteiger partial charge in [-0.25, -0.2) is 8.42 Å². The lowest BCUT2D eigenvalue weighted by Gasteiger charge is -2.10. The zero-order chi connectivity index (χ0) is 19.0. The van der Waals surface area contributed by atoms with Gasteiger partial charge in [0.15, 0.2) is 0 Å². The zero-order valence-corrected chi connectivity index (χ0v) is 15.6. The number of hydrogen-bond acceptors (Lipinski definition) is 5. The molecule has 2 aromatic carbocycles. The summed E-state index contributed by atoms with van der Waals surface area (Å²) in [5.74, 6) is 0.313. The predicted molar refractivity (Wildman–Crippen MR) is 101 cm³/mol. The Morgan fingerprint density at radius 2 is 1.81 bits per heavy atom. The molecule has 0 aliphatic rings. The number of amides is 1. The zero-order valence-electron chi connectivity index (χ0n) is 14.8. The third kappa shape index (κ3) is 5.47. The lowest BCUT2D eigenvalue weighted by molar-refractivity contribution is 0.0953. The molecule has 8 heteroatoms. The van der Waals surface area contributed by atoms with Crippen molar-refractivity contribution in [1.82, 2.24) is 10.6 Å². The number of rotatable bonds is 9. The van der Waals surface area contributed by atoms with Gasteiger partial charge >= 0.3 is 0 Å². The van der Waals surface area contributed by atoms with Crippen LogP contribution in [0.4, 0.5) is 5.69 Å². The summed E-state index contributed by atoms with van der Waals surface area (Å²) in [6, 6.07) is 12.5. The van der Waals surface area contributed by atoms with Gasteiger partial charge in [-0.1, -0.05) is 13.0 Å². The molecule has 3 N–H and O–H groups in total. The SMILES string of the molecule is CCNCCNC(=O)c1cccc(S(=O)(=O)Nc2ccc(OC)cc2)c1. The molecule has 0 heterocycles. The molecule has 0 bridgehead atoms. The molecule has 2 rings (SSSR count). The second-order valence-electron chi connectivity index (χ2n) is 5.47. The van der Waals surface area contributed by atoms with E-state index in [1.165, 1.54) is 19.2 Å². The fraction of sp³-hybridized carbons (Fsp3) is 0.278. The largest absolute Gasteiger partial charge is 0.497 e. The van der Waals surface area contributed by atoms with Crippen LogP contribution in [0.1, 0.15) is 17.3 Å². The van der Waals surface area contributed by atoms with Crippen LogP contribution in [0.2, 0.25) is 0 Å². The van der Waals surface area contributed by atoms with Crippen LogP contribution in [-0.4, -0.2) is 41.1 Å². The molecular weight excluding hydrogens is 354 g/mol. The van der Waals surface area contributed by atoms with Gasteiger partial charge in [0.2, 0.25) is 0 Å². The number of carbonyl (C=O) groups excluding carboxylic acids is 1. The molecule has 7 nitrogen and oxygen atoms in total. The third-order valence-electron chi connectivity index (χ3n) is 3.59. The van der Waals surface area contributed by atoms with Crippen molar-refractivity contribution in [2.24, 2.45) is 0 Å². The van der Waals surface area contributed by atoms with E-state index in [1.807, 2.05) is 6.92 Å². The Morgan fingerprint density at radius 1 is 1.08 bits per heavy atom. The monoisotopic (exact) mass is 377 g/mol. The summed E-state index contributed by atoms with van der Waals surface area (Å²) in [5, 5.41) is 5.84. The molecular formula is C18H23N3O4S. The highest BCUT2D eigenvalue weighted by atomic mass is 32.2. The lowest BCUT2D eigenvalue weighted by Crippen LogP contribution is -2.31. The average molecular weight is 377 g/mol. The van der Waals surface area contributed by atoms with Crippen molar-refractivity contribution >= 4 is 21.6 Å². The van der Waals surface area contributed by atoms with Crippen LogP contribution in [-0.2, 0) is 10.0 Å². The van der Waals surface area contributed by atoms with Crippen LogP contribution in [0.15, 0.2) is 53.4 Å². The quantitative estimate of drug-likeness (QED) is 0.580. The van der Waals surface area contributed by atoms with Gasteiger partial charge in [0.1, 0.15) is 5.75 Å². The van der Waals surface area contributed by atoms with E-state index in [-0.39, 0.29) is 10.8 Å². The van der Waals surface area contributed by atoms with Crippen molar-refractivity contribution in [1.29, 1.82) is 0 Å². The van der Waals surface area contributed by atoms with Gasteiger partial charge in [-0.2, -0.15) is 0 Å². The van der Waals surface area contributed by atoms with Gasteiger partial charge < -0.3 is 15.4 Å². The molecule has 26 heavy (non-hydrogen) atoms. The van der Waals surface area contributed by atoms with Crippen LogP contribution >= 0.6 is 0 Å². The number of sulfonamides is 1. The van der Waals surface area contributed by atoms with Gasteiger partial charge in [0, 0.05) is 24.3 Å². The Balaban J connectivity index is 2.10. The van der Waals surface area contributed by atoms with Crippen LogP contribution in [0.25, 0.3) is 0 Å². The molecule has 0 fully saturated rings. The maximum absolute atomic E-state index is 12.5. The van der Waals surface area contributed by atoms with E-state index in [1.54, 1.807) is 36.4 Å². The molecule has 0 saturated carbocycles. The summed E-state index contributed by atoms with van der Waals surface area (Å²) in [7, 11) is -2.27. The number of likely N-dealkylation sites (N-methyl/N-ethyl adjacent to an activating group) is 1. The highest BCUT2D eigenvalue weighted by Gasteiger charge is 2.16. The Bertz CT molecular complexity index is 836. The number of anilines is 1. The molecule has 0 aromatic heterocycles. The van der Waals surface area contributed by atoms with E-state index < -0.39 is 10.0 Å². The van der Waals surface area contributed by atoms with Crippen molar-refractivity contribution in [3.8, 4) is 5.75 Å². The first-order valence-corrected chi connectivity index (χ1v) is 9.70. The first-order chi connectivity index (χ1) is 12.5. The Morgan fingerprint density at radius 3 is 2.46 bits per heavy atom. The third-order valence-corrected chi connectivity index (χ3v) is 4.97. The Hall–Kier alpha value is -2.58. The summed E-state index contributed by atoms with van der Waals surface area (Å²) in [5.41, 5.74) is 0.699. The summed E-state index contributed by atoms with van der Waals surface area (Å²) in [6.07, 6.45) is 0. The minimum Gasteiger partial charge on any atom is -0.497 e. The van der Waals surface area contributed by atoms with Crippen LogP contribution in [0.3, 0.4) is 0 Å². The minimum absolute atomic E-state index is 0.0210. The van der Waals surface area contributed by atoms with Crippen molar-refractivity contribution in [2.45, 2.75) is 11.8 Å². The van der Waals surface area contributed by atoms with Gasteiger partial charge in [0.05, 0.1) is 12.0 Å². The first-order valence-electron chi connectivity index (χ1n) is 8.22. The Labute approximate surface area is 153 Å². The van der Waals surface area contributed by atoms with E-state index in [4.69, 9.17) is 4.74 Å². The van der Waals surface area contributed by atoms with Crippen LogP contribution in [0.5, 0.6) is 5.75 Å². The topological polar surface area (TPSA) is 96.5 Å². The van der Waals surface area contributed by atoms with E-state index in [0.29, 0.717) is 30.1 Å². The molecule has 0 aliphatic carbocycles. The number of ether oxygens (including phenoxy) is 1. The van der Waals surface area contributed by atoms with E-state index in [9.17, 15) is 13.2 Å². The fourth-order valence-electron chi connectivity index (χ4n) is 2.22. The van der Waals surface area contributed by atoms with Crippen molar-refractivity contribution in [3.05, 3.63) is 54.1 Å². The molecule has 0 aliphatic heterocycles. The van der Waals surface area contributed by atoms with E-state index >= 15 is 0 Å². The number of hydrogen-bond donors (Lipinski definition) is 3. The summed E-state index contributed by atoms with van der Waals surface area (Å²) < 4.78 is 32.6. The van der Waals surface area contributed by atoms with Crippen molar-refractivity contribution in [2.75, 3.05) is 31.5 Å². The second-order valence-corrected chi connectivity index (χ2v) is 7.15. The first kappa shape index (κ1) is 19.7. The van der Waals surface area contributed by atoms with Gasteiger partial charge in [-0.3, -0.25) is 9.52 Å². The molecule has 0 radical (unpaired) electrons. The average Bonchev–Trinajstić information content (AvgIpc) is 2.65. The maximum atomic E-state index is 12.5. The molecule has 140 valence electrons. The minimum atomic E-state index is -3.80. The maximum Gasteiger partial charge on any atom is 0.261 e. The van der Waals surface area contributed by atoms with E-state index in [2.05, 4.69) is 15.4 Å². The molecule has 2 aromatic rings. The highest BCUT2D eigenvalue weighted by molar-refractivity contribution is 7.92. The van der Waals surface area contributed by atoms with Gasteiger partial charge in [-0.05, 0) is 49.0 Å². The summed E-state index contributed by atoms with van der Waals surface area (Å²) >= 11 is 0. The van der Waals surface area contributed by atoms with Crippen LogP contribution in [0, 0.1) is 0 Å². The smallest absolute Gasteiger partial charge is 0.261 e. The predicted octanol–water partition coefficient (Wildman–Crippen LogP) is 1.84. The van der Waals surface area contributed by atoms with Gasteiger partial charge in [0.25, 0.3) is 15.9 Å². The number of nitrogens with one attached hydrogen (secondary N) is 3. The molecule has 0 atom stereocenters. The number of methoxy groups -OCH3 is 1. The fourth-order valence-corrected chi connectivity index (χ4v) is 3.32. The second kappa shape index (κ2) is 9.21. The molecule has 0 spiro atoms. The normalized spacial score (nSPS) is 11.0. The Kier molecular flexibility index (Phi) is 6.99. The lowest BCUT2D eigenvalue weighted by atomic mass is 10.2. The molecule has 1 amide bonds. The summed E-state index contributed by atoms with van der Waals surface area (Å²) in [6.45, 7) is 3.92. The molecule has 0 unspecified atom stereocenters. The molecule has 0 saturated heterocycles. The van der Waals surface area contributed by atoms with Crippen molar-refractivity contribution < 1.29 is 17.9 Å². The summed E-state index contributed by atoms with van der Waals surface area (Å²) in [4.78, 5) is 12.2. The highest BCUT2D eigenvalue weighted by Crippen LogP contribution is 2.20. The van der Waals surface area contributed by atoms with Crippen LogP contribution < -0.4 is 20.1 Å². The number of benzene rings is 2. The number of carbonyl (C=O) groups is 1. The standard InChI is InChI=1S/C18H23N3O4S/c1-3-19-11-12-20-18(22)14-5-4-6-17(13-14)26(23,24)21-15-7-9-16(25-2)10-8-15/h4-10,13,19,21H,3,11-12H2,1-2H3,(H,20,22). The van der Waals surface area contributed by atoms with E-state index in [0.717, 1.165) is 6.54 Å². The van der Waals surface area contributed by atoms with Crippen molar-refractivity contribution in [3.63, 3.8) is 0 Å². The van der Waals surface area contributed by atoms with Gasteiger partial charge in [-0.15, -0.1) is 0 Å².